The molecule has 1 aromatic carbocycles. The average Bonchev–Trinajstić information content (AvgIpc) is 3.28. The van der Waals surface area contributed by atoms with Crippen molar-refractivity contribution >= 4 is 0 Å². The van der Waals surface area contributed by atoms with Gasteiger partial charge < -0.3 is 20.1 Å². The topological polar surface area (TPSA) is 47.7 Å². The minimum Gasteiger partial charge on any atom is -0.493 e. The van der Waals surface area contributed by atoms with Gasteiger partial charge in [-0.05, 0) is 52.3 Å². The second kappa shape index (κ2) is 6.09. The van der Waals surface area contributed by atoms with Crippen LogP contribution in [0.5, 0.6) is 11.5 Å². The van der Waals surface area contributed by atoms with Gasteiger partial charge in [-0.1, -0.05) is 12.1 Å². The van der Waals surface area contributed by atoms with Gasteiger partial charge in [-0.3, -0.25) is 0 Å². The molecule has 1 saturated carbocycles. The fraction of sp³-hybridized carbons (Fsp3) is 0.667. The van der Waals surface area contributed by atoms with Crippen LogP contribution in [0.4, 0.5) is 0 Å². The lowest BCUT2D eigenvalue weighted by molar-refractivity contribution is 0.101. The van der Waals surface area contributed by atoms with Gasteiger partial charge in [0, 0.05) is 23.6 Å². The highest BCUT2D eigenvalue weighted by Crippen LogP contribution is 2.54. The van der Waals surface area contributed by atoms with E-state index in [1.54, 1.807) is 7.11 Å². The lowest BCUT2D eigenvalue weighted by Crippen LogP contribution is -2.38. The molecular formula is C18H28N2O2. The summed E-state index contributed by atoms with van der Waals surface area (Å²) < 4.78 is 12.0. The average molecular weight is 304 g/mol. The zero-order chi connectivity index (χ0) is 15.7. The summed E-state index contributed by atoms with van der Waals surface area (Å²) in [4.78, 5) is 2.33. The van der Waals surface area contributed by atoms with E-state index in [0.717, 1.165) is 43.9 Å². The summed E-state index contributed by atoms with van der Waals surface area (Å²) in [6.45, 7) is 4.23. The Balaban J connectivity index is 1.86. The first-order valence-corrected chi connectivity index (χ1v) is 8.35. The smallest absolute Gasteiger partial charge is 0.164 e. The third-order valence-electron chi connectivity index (χ3n) is 5.25. The van der Waals surface area contributed by atoms with Gasteiger partial charge >= 0.3 is 0 Å². The molecule has 22 heavy (non-hydrogen) atoms. The number of ether oxygens (including phenoxy) is 2. The number of hydrogen-bond donors (Lipinski definition) is 1. The summed E-state index contributed by atoms with van der Waals surface area (Å²) >= 11 is 0. The van der Waals surface area contributed by atoms with Gasteiger partial charge in [0.05, 0.1) is 7.11 Å². The van der Waals surface area contributed by atoms with Crippen molar-refractivity contribution in [3.05, 3.63) is 23.8 Å². The third kappa shape index (κ3) is 2.82. The molecule has 2 unspecified atom stereocenters. The van der Waals surface area contributed by atoms with Crippen molar-refractivity contribution in [1.82, 2.24) is 4.90 Å². The Bertz CT molecular complexity index is 526. The predicted octanol–water partition coefficient (Wildman–Crippen LogP) is 2.55. The van der Waals surface area contributed by atoms with Crippen molar-refractivity contribution < 1.29 is 9.47 Å². The zero-order valence-electron chi connectivity index (χ0n) is 14.0. The fourth-order valence-corrected chi connectivity index (χ4v) is 3.71. The van der Waals surface area contributed by atoms with Crippen LogP contribution < -0.4 is 15.2 Å². The maximum atomic E-state index is 6.28. The van der Waals surface area contributed by atoms with Crippen molar-refractivity contribution in [1.29, 1.82) is 0 Å². The van der Waals surface area contributed by atoms with E-state index in [1.165, 1.54) is 12.0 Å². The molecule has 0 aromatic heterocycles. The van der Waals surface area contributed by atoms with Crippen molar-refractivity contribution in [3.63, 3.8) is 0 Å². The number of benzene rings is 1. The molecule has 0 bridgehead atoms. The molecule has 2 aliphatic rings. The van der Waals surface area contributed by atoms with E-state index in [-0.39, 0.29) is 17.6 Å². The first kappa shape index (κ1) is 15.6. The van der Waals surface area contributed by atoms with Crippen LogP contribution in [0.1, 0.15) is 38.2 Å². The zero-order valence-corrected chi connectivity index (χ0v) is 14.0. The Kier molecular flexibility index (Phi) is 4.33. The van der Waals surface area contributed by atoms with E-state index in [4.69, 9.17) is 15.2 Å². The molecule has 1 heterocycles. The Morgan fingerprint density at radius 3 is 2.73 bits per heavy atom. The van der Waals surface area contributed by atoms with Crippen molar-refractivity contribution in [2.45, 2.75) is 50.2 Å². The van der Waals surface area contributed by atoms with Crippen LogP contribution >= 0.6 is 0 Å². The molecule has 1 aromatic rings. The number of nitrogens with two attached hydrogens (primary N) is 1. The van der Waals surface area contributed by atoms with Gasteiger partial charge in [0.2, 0.25) is 0 Å². The SMILES string of the molecule is COc1c(OC2CCCN(C)C2)cccc1C1(C(C)N)CC1. The summed E-state index contributed by atoms with van der Waals surface area (Å²) in [5, 5.41) is 0. The van der Waals surface area contributed by atoms with Crippen molar-refractivity contribution in [2.24, 2.45) is 5.73 Å². The molecule has 4 heteroatoms. The Morgan fingerprint density at radius 1 is 1.36 bits per heavy atom. The molecular weight excluding hydrogens is 276 g/mol. The van der Waals surface area contributed by atoms with Crippen LogP contribution in [0.25, 0.3) is 0 Å². The molecule has 2 N–H and O–H groups in total. The van der Waals surface area contributed by atoms with Gasteiger partial charge in [-0.2, -0.15) is 0 Å². The minimum absolute atomic E-state index is 0.0775. The number of rotatable bonds is 5. The monoisotopic (exact) mass is 304 g/mol. The van der Waals surface area contributed by atoms with Gasteiger partial charge in [-0.25, -0.2) is 0 Å². The highest BCUT2D eigenvalue weighted by molar-refractivity contribution is 5.53. The Morgan fingerprint density at radius 2 is 2.14 bits per heavy atom. The molecule has 0 spiro atoms. The minimum atomic E-state index is 0.0775. The number of piperidine rings is 1. The number of nitrogens with zero attached hydrogens (tertiary/aromatic N) is 1. The summed E-state index contributed by atoms with van der Waals surface area (Å²) in [7, 11) is 3.88. The fourth-order valence-electron chi connectivity index (χ4n) is 3.71. The molecule has 1 aliphatic heterocycles. The van der Waals surface area contributed by atoms with Gasteiger partial charge in [0.15, 0.2) is 11.5 Å². The molecule has 3 rings (SSSR count). The number of likely N-dealkylation sites (N-methyl/N-ethyl adjacent to an activating group) is 1. The highest BCUT2D eigenvalue weighted by Gasteiger charge is 2.49. The summed E-state index contributed by atoms with van der Waals surface area (Å²) in [6.07, 6.45) is 4.81. The maximum Gasteiger partial charge on any atom is 0.164 e. The van der Waals surface area contributed by atoms with Crippen LogP contribution in [0.2, 0.25) is 0 Å². The van der Waals surface area contributed by atoms with Crippen LogP contribution in [0.15, 0.2) is 18.2 Å². The standard InChI is InChI=1S/C18H28N2O2/c1-13(19)18(9-10-18)15-7-4-8-16(17(15)21-3)22-14-6-5-11-20(2)12-14/h4,7-8,13-14H,5-6,9-12,19H2,1-3H3. The van der Waals surface area contributed by atoms with Gasteiger partial charge in [-0.15, -0.1) is 0 Å². The van der Waals surface area contributed by atoms with E-state index >= 15 is 0 Å². The van der Waals surface area contributed by atoms with E-state index in [2.05, 4.69) is 31.0 Å². The number of methoxy groups -OCH3 is 1. The van der Waals surface area contributed by atoms with Crippen molar-refractivity contribution in [3.8, 4) is 11.5 Å². The van der Waals surface area contributed by atoms with E-state index in [1.807, 2.05) is 6.07 Å². The molecule has 0 amide bonds. The maximum absolute atomic E-state index is 6.28. The number of hydrogen-bond acceptors (Lipinski definition) is 4. The largest absolute Gasteiger partial charge is 0.493 e. The molecule has 122 valence electrons. The number of likely N-dealkylation sites (tertiary alicyclic amines) is 1. The second-order valence-corrected chi connectivity index (χ2v) is 6.93. The van der Waals surface area contributed by atoms with E-state index < -0.39 is 0 Å². The Hall–Kier alpha value is -1.26. The molecule has 1 aliphatic carbocycles. The Labute approximate surface area is 133 Å². The third-order valence-corrected chi connectivity index (χ3v) is 5.25. The highest BCUT2D eigenvalue weighted by atomic mass is 16.5. The normalized spacial score (nSPS) is 25.5. The lowest BCUT2D eigenvalue weighted by Gasteiger charge is -2.31. The quantitative estimate of drug-likeness (QED) is 0.908. The predicted molar refractivity (Wildman–Crippen MR) is 88.7 cm³/mol. The van der Waals surface area contributed by atoms with Crippen LogP contribution in [-0.2, 0) is 5.41 Å². The number of para-hydroxylation sites is 1. The lowest BCUT2D eigenvalue weighted by atomic mass is 9.88. The van der Waals surface area contributed by atoms with E-state index in [0.29, 0.717) is 0 Å². The van der Waals surface area contributed by atoms with E-state index in [9.17, 15) is 0 Å². The first-order chi connectivity index (χ1) is 10.6. The molecule has 4 nitrogen and oxygen atoms in total. The molecule has 1 saturated heterocycles. The first-order valence-electron chi connectivity index (χ1n) is 8.35. The summed E-state index contributed by atoms with van der Waals surface area (Å²) in [5.41, 5.74) is 7.53. The van der Waals surface area contributed by atoms with Crippen LogP contribution in [0.3, 0.4) is 0 Å². The van der Waals surface area contributed by atoms with Gasteiger partial charge in [0.1, 0.15) is 6.10 Å². The molecule has 0 radical (unpaired) electrons. The summed E-state index contributed by atoms with van der Waals surface area (Å²) in [5.74, 6) is 1.75. The van der Waals surface area contributed by atoms with Crippen LogP contribution in [-0.4, -0.2) is 44.3 Å². The second-order valence-electron chi connectivity index (χ2n) is 6.93. The molecule has 2 fully saturated rings. The summed E-state index contributed by atoms with van der Waals surface area (Å²) in [6, 6.07) is 6.38. The van der Waals surface area contributed by atoms with Gasteiger partial charge in [0.25, 0.3) is 0 Å². The van der Waals surface area contributed by atoms with Crippen LogP contribution in [0, 0.1) is 0 Å². The molecule has 2 atom stereocenters. The van der Waals surface area contributed by atoms with Crippen molar-refractivity contribution in [2.75, 3.05) is 27.2 Å².